The molecular formula is C16H26N2O2S2. The fourth-order valence-corrected chi connectivity index (χ4v) is 4.65. The minimum atomic E-state index is -1.19. The predicted molar refractivity (Wildman–Crippen MR) is 92.5 cm³/mol. The van der Waals surface area contributed by atoms with Crippen LogP contribution in [-0.2, 0) is 21.3 Å². The molecule has 2 rings (SSSR count). The summed E-state index contributed by atoms with van der Waals surface area (Å²) in [6.07, 6.45) is 5.88. The summed E-state index contributed by atoms with van der Waals surface area (Å²) in [5.74, 6) is 0.889. The second-order valence-corrected chi connectivity index (χ2v) is 9.02. The van der Waals surface area contributed by atoms with Gasteiger partial charge in [-0.3, -0.25) is 9.00 Å². The van der Waals surface area contributed by atoms with Crippen molar-refractivity contribution in [3.8, 4) is 0 Å². The van der Waals surface area contributed by atoms with Crippen molar-refractivity contribution >= 4 is 28.0 Å². The van der Waals surface area contributed by atoms with E-state index in [2.05, 4.69) is 10.3 Å². The monoisotopic (exact) mass is 342 g/mol. The average Bonchev–Trinajstić information content (AvgIpc) is 3.07. The molecule has 0 unspecified atom stereocenters. The van der Waals surface area contributed by atoms with Gasteiger partial charge >= 0.3 is 0 Å². The first kappa shape index (κ1) is 17.6. The van der Waals surface area contributed by atoms with Crippen LogP contribution >= 0.6 is 11.3 Å². The van der Waals surface area contributed by atoms with Gasteiger partial charge in [-0.15, -0.1) is 11.3 Å². The molecule has 0 aromatic carbocycles. The Bertz CT molecular complexity index is 534. The van der Waals surface area contributed by atoms with Crippen molar-refractivity contribution in [3.05, 3.63) is 16.1 Å². The number of carbonyl (C=O) groups excluding carboxylic acids is 1. The molecule has 4 nitrogen and oxygen atoms in total. The molecule has 0 saturated heterocycles. The third kappa shape index (κ3) is 5.16. The number of amides is 1. The van der Waals surface area contributed by atoms with Gasteiger partial charge in [0.2, 0.25) is 5.91 Å². The molecule has 1 aliphatic rings. The molecule has 1 heterocycles. The standard InChI is InChI=1S/C16H26N2O2S2/c1-4-16(2,3)18-14(19)11-22(20)10-13-9-21-15(17-13)12-7-5-6-8-12/h9,12H,4-8,10-11H2,1-3H3,(H,18,19)/t22-/m1/s1. The van der Waals surface area contributed by atoms with Crippen molar-refractivity contribution in [1.29, 1.82) is 0 Å². The zero-order chi connectivity index (χ0) is 16.2. The second kappa shape index (κ2) is 7.68. The summed E-state index contributed by atoms with van der Waals surface area (Å²) in [6, 6.07) is 0. The average molecular weight is 343 g/mol. The largest absolute Gasteiger partial charge is 0.350 e. The SMILES string of the molecule is CCC(C)(C)NC(=O)C[S@](=O)Cc1csc(C2CCCC2)n1. The van der Waals surface area contributed by atoms with E-state index in [4.69, 9.17) is 0 Å². The van der Waals surface area contributed by atoms with Gasteiger partial charge in [-0.05, 0) is 33.1 Å². The molecule has 22 heavy (non-hydrogen) atoms. The van der Waals surface area contributed by atoms with Gasteiger partial charge in [-0.2, -0.15) is 0 Å². The first-order valence-electron chi connectivity index (χ1n) is 8.00. The van der Waals surface area contributed by atoms with Gasteiger partial charge in [0.25, 0.3) is 0 Å². The van der Waals surface area contributed by atoms with E-state index in [9.17, 15) is 9.00 Å². The lowest BCUT2D eigenvalue weighted by Crippen LogP contribution is -2.44. The number of nitrogens with zero attached hydrogens (tertiary/aromatic N) is 1. The number of aromatic nitrogens is 1. The Balaban J connectivity index is 1.83. The Morgan fingerprint density at radius 3 is 2.77 bits per heavy atom. The lowest BCUT2D eigenvalue weighted by Gasteiger charge is -2.24. The van der Waals surface area contributed by atoms with E-state index in [0.29, 0.717) is 11.7 Å². The smallest absolute Gasteiger partial charge is 0.233 e. The number of rotatable bonds is 7. The number of thiazole rings is 1. The normalized spacial score (nSPS) is 17.6. The topological polar surface area (TPSA) is 59.1 Å². The van der Waals surface area contributed by atoms with Gasteiger partial charge < -0.3 is 5.32 Å². The highest BCUT2D eigenvalue weighted by Crippen LogP contribution is 2.35. The van der Waals surface area contributed by atoms with E-state index in [-0.39, 0.29) is 17.2 Å². The molecule has 0 bridgehead atoms. The Kier molecular flexibility index (Phi) is 6.15. The fourth-order valence-electron chi connectivity index (χ4n) is 2.61. The Morgan fingerprint density at radius 2 is 2.14 bits per heavy atom. The van der Waals surface area contributed by atoms with Crippen LogP contribution in [0.25, 0.3) is 0 Å². The molecule has 0 spiro atoms. The minimum absolute atomic E-state index is 0.0553. The lowest BCUT2D eigenvalue weighted by molar-refractivity contribution is -0.120. The van der Waals surface area contributed by atoms with E-state index in [1.807, 2.05) is 26.2 Å². The predicted octanol–water partition coefficient (Wildman–Crippen LogP) is 3.35. The van der Waals surface area contributed by atoms with Gasteiger partial charge in [-0.1, -0.05) is 19.8 Å². The number of nitrogens with one attached hydrogen (secondary N) is 1. The van der Waals surface area contributed by atoms with Crippen LogP contribution in [0.2, 0.25) is 0 Å². The molecule has 0 aliphatic heterocycles. The van der Waals surface area contributed by atoms with Crippen LogP contribution < -0.4 is 5.32 Å². The van der Waals surface area contributed by atoms with E-state index in [0.717, 1.165) is 12.1 Å². The maximum absolute atomic E-state index is 12.1. The van der Waals surface area contributed by atoms with Gasteiger partial charge in [0.05, 0.1) is 16.5 Å². The Morgan fingerprint density at radius 1 is 1.45 bits per heavy atom. The summed E-state index contributed by atoms with van der Waals surface area (Å²) in [6.45, 7) is 5.97. The highest BCUT2D eigenvalue weighted by Gasteiger charge is 2.22. The maximum atomic E-state index is 12.1. The van der Waals surface area contributed by atoms with Gasteiger partial charge in [-0.25, -0.2) is 4.98 Å². The fraction of sp³-hybridized carbons (Fsp3) is 0.750. The van der Waals surface area contributed by atoms with E-state index in [1.54, 1.807) is 11.3 Å². The van der Waals surface area contributed by atoms with Gasteiger partial charge in [0, 0.05) is 27.6 Å². The highest BCUT2D eigenvalue weighted by atomic mass is 32.2. The molecule has 1 atom stereocenters. The van der Waals surface area contributed by atoms with Crippen LogP contribution in [0.3, 0.4) is 0 Å². The van der Waals surface area contributed by atoms with Crippen LogP contribution in [0, 0.1) is 0 Å². The third-order valence-corrected chi connectivity index (χ3v) is 6.49. The molecule has 6 heteroatoms. The molecular weight excluding hydrogens is 316 g/mol. The summed E-state index contributed by atoms with van der Waals surface area (Å²) < 4.78 is 12.1. The Hall–Kier alpha value is -0.750. The lowest BCUT2D eigenvalue weighted by atomic mass is 10.0. The summed E-state index contributed by atoms with van der Waals surface area (Å²) in [5, 5.41) is 6.10. The van der Waals surface area contributed by atoms with Crippen LogP contribution in [0.5, 0.6) is 0 Å². The van der Waals surface area contributed by atoms with Crippen LogP contribution in [-0.4, -0.2) is 26.4 Å². The van der Waals surface area contributed by atoms with E-state index < -0.39 is 10.8 Å². The molecule has 1 saturated carbocycles. The van der Waals surface area contributed by atoms with Crippen molar-refractivity contribution in [2.75, 3.05) is 5.75 Å². The summed E-state index contributed by atoms with van der Waals surface area (Å²) in [5.41, 5.74) is 0.630. The Labute approximate surface area is 139 Å². The van der Waals surface area contributed by atoms with Gasteiger partial charge in [0.15, 0.2) is 0 Å². The minimum Gasteiger partial charge on any atom is -0.350 e. The van der Waals surface area contributed by atoms with Crippen LogP contribution in [0.1, 0.15) is 69.5 Å². The van der Waals surface area contributed by atoms with Crippen molar-refractivity contribution in [2.45, 2.75) is 70.1 Å². The maximum Gasteiger partial charge on any atom is 0.233 e. The van der Waals surface area contributed by atoms with Crippen LogP contribution in [0.4, 0.5) is 0 Å². The molecule has 1 N–H and O–H groups in total. The first-order chi connectivity index (χ1) is 10.4. The quantitative estimate of drug-likeness (QED) is 0.826. The zero-order valence-electron chi connectivity index (χ0n) is 13.7. The highest BCUT2D eigenvalue weighted by molar-refractivity contribution is 7.84. The van der Waals surface area contributed by atoms with E-state index >= 15 is 0 Å². The molecule has 0 radical (unpaired) electrons. The molecule has 1 aliphatic carbocycles. The first-order valence-corrected chi connectivity index (χ1v) is 10.4. The number of carbonyl (C=O) groups is 1. The number of hydrogen-bond donors (Lipinski definition) is 1. The third-order valence-electron chi connectivity index (χ3n) is 4.24. The summed E-state index contributed by atoms with van der Waals surface area (Å²) in [4.78, 5) is 16.5. The van der Waals surface area contributed by atoms with E-state index in [1.165, 1.54) is 30.7 Å². The van der Waals surface area contributed by atoms with Crippen molar-refractivity contribution in [3.63, 3.8) is 0 Å². The molecule has 1 amide bonds. The second-order valence-electron chi connectivity index (χ2n) is 6.67. The van der Waals surface area contributed by atoms with Crippen molar-refractivity contribution < 1.29 is 9.00 Å². The van der Waals surface area contributed by atoms with Gasteiger partial charge in [0.1, 0.15) is 5.75 Å². The molecule has 1 aromatic rings. The summed E-state index contributed by atoms with van der Waals surface area (Å²) in [7, 11) is -1.19. The van der Waals surface area contributed by atoms with Crippen LogP contribution in [0.15, 0.2) is 5.38 Å². The zero-order valence-corrected chi connectivity index (χ0v) is 15.3. The number of hydrogen-bond acceptors (Lipinski definition) is 4. The molecule has 124 valence electrons. The molecule has 1 fully saturated rings. The van der Waals surface area contributed by atoms with Crippen molar-refractivity contribution in [1.82, 2.24) is 10.3 Å². The molecule has 1 aromatic heterocycles. The van der Waals surface area contributed by atoms with Crippen molar-refractivity contribution in [2.24, 2.45) is 0 Å². The summed E-state index contributed by atoms with van der Waals surface area (Å²) >= 11 is 1.68.